The number of anilines is 2. The van der Waals surface area contributed by atoms with Crippen molar-refractivity contribution < 1.29 is 31.1 Å². The first-order valence-corrected chi connectivity index (χ1v) is 4.36. The Labute approximate surface area is 96.6 Å². The predicted molar refractivity (Wildman–Crippen MR) is 50.4 cm³/mol. The smallest absolute Gasteiger partial charge is 0.396 e. The van der Waals surface area contributed by atoms with Gasteiger partial charge in [-0.1, -0.05) is 0 Å². The van der Waals surface area contributed by atoms with E-state index in [0.717, 1.165) is 12.1 Å². The van der Waals surface area contributed by atoms with E-state index in [9.17, 15) is 31.1 Å². The molecular formula is C9H6F6N2O. The Morgan fingerprint density at radius 1 is 1.17 bits per heavy atom. The molecule has 0 aliphatic rings. The van der Waals surface area contributed by atoms with E-state index < -0.39 is 29.5 Å². The molecule has 0 atom stereocenters. The summed E-state index contributed by atoms with van der Waals surface area (Å²) in [6.45, 7) is 0. The molecule has 0 heterocycles. The first-order chi connectivity index (χ1) is 8.05. The number of alkyl halides is 5. The predicted octanol–water partition coefficient (Wildman–Crippen LogP) is 2.54. The number of rotatable bonds is 2. The van der Waals surface area contributed by atoms with Crippen LogP contribution in [0.25, 0.3) is 0 Å². The third kappa shape index (κ3) is 2.66. The van der Waals surface area contributed by atoms with Crippen LogP contribution >= 0.6 is 0 Å². The van der Waals surface area contributed by atoms with Crippen molar-refractivity contribution in [1.29, 1.82) is 0 Å². The molecular weight excluding hydrogens is 266 g/mol. The maximum atomic E-state index is 12.9. The van der Waals surface area contributed by atoms with E-state index in [1.54, 1.807) is 0 Å². The molecule has 0 saturated heterocycles. The lowest BCUT2D eigenvalue weighted by Gasteiger charge is -2.18. The van der Waals surface area contributed by atoms with E-state index in [1.165, 1.54) is 5.32 Å². The second-order valence-corrected chi connectivity index (χ2v) is 3.26. The first-order valence-electron chi connectivity index (χ1n) is 4.36. The molecule has 0 aliphatic heterocycles. The molecule has 1 amide bonds. The molecule has 1 aromatic rings. The quantitative estimate of drug-likeness (QED) is 0.642. The third-order valence-electron chi connectivity index (χ3n) is 1.90. The lowest BCUT2D eigenvalue weighted by atomic mass is 10.2. The fourth-order valence-electron chi connectivity index (χ4n) is 0.943. The summed E-state index contributed by atoms with van der Waals surface area (Å²) in [6, 6.07) is 2.33. The van der Waals surface area contributed by atoms with Crippen LogP contribution in [0.4, 0.5) is 37.7 Å². The summed E-state index contributed by atoms with van der Waals surface area (Å²) < 4.78 is 73.4. The minimum atomic E-state index is -6.02. The van der Waals surface area contributed by atoms with Crippen LogP contribution in [0.15, 0.2) is 18.2 Å². The molecule has 1 aromatic carbocycles. The number of nitrogens with one attached hydrogen (secondary N) is 1. The van der Waals surface area contributed by atoms with Gasteiger partial charge in [0.05, 0.1) is 5.69 Å². The van der Waals surface area contributed by atoms with Crippen LogP contribution in [-0.2, 0) is 4.79 Å². The minimum absolute atomic E-state index is 0.337. The molecule has 100 valence electrons. The van der Waals surface area contributed by atoms with Gasteiger partial charge in [-0.2, -0.15) is 22.0 Å². The van der Waals surface area contributed by atoms with Crippen molar-refractivity contribution in [3.63, 3.8) is 0 Å². The van der Waals surface area contributed by atoms with Crippen molar-refractivity contribution >= 4 is 17.3 Å². The average molecular weight is 272 g/mol. The van der Waals surface area contributed by atoms with Crippen LogP contribution < -0.4 is 11.1 Å². The number of amides is 1. The lowest BCUT2D eigenvalue weighted by molar-refractivity contribution is -0.267. The van der Waals surface area contributed by atoms with E-state index in [0.29, 0.717) is 6.07 Å². The number of halogens is 6. The molecule has 3 N–H and O–H groups in total. The normalized spacial score (nSPS) is 12.3. The van der Waals surface area contributed by atoms with Gasteiger partial charge in [0.2, 0.25) is 0 Å². The maximum absolute atomic E-state index is 12.9. The lowest BCUT2D eigenvalue weighted by Crippen LogP contribution is -2.47. The molecule has 1 rings (SSSR count). The first kappa shape index (κ1) is 14.1. The van der Waals surface area contributed by atoms with E-state index in [2.05, 4.69) is 0 Å². The summed E-state index contributed by atoms with van der Waals surface area (Å²) in [5.74, 6) is -9.22. The van der Waals surface area contributed by atoms with Gasteiger partial charge in [-0.25, -0.2) is 4.39 Å². The standard InChI is InChI=1S/C9H6F6N2O/c10-5-3-4(1-2-6(5)16)17-7(18)8(11,12)9(13,14)15/h1-3H,16H2,(H,17,18). The van der Waals surface area contributed by atoms with Crippen molar-refractivity contribution in [3.8, 4) is 0 Å². The van der Waals surface area contributed by atoms with Crippen LogP contribution in [0.5, 0.6) is 0 Å². The molecule has 0 saturated carbocycles. The number of benzene rings is 1. The topological polar surface area (TPSA) is 55.1 Å². The number of hydrogen-bond acceptors (Lipinski definition) is 2. The number of carbonyl (C=O) groups excluding carboxylic acids is 1. The Hall–Kier alpha value is -1.93. The van der Waals surface area contributed by atoms with Crippen molar-refractivity contribution in [3.05, 3.63) is 24.0 Å². The van der Waals surface area contributed by atoms with Crippen LogP contribution in [0.2, 0.25) is 0 Å². The Bertz CT molecular complexity index is 471. The fraction of sp³-hybridized carbons (Fsp3) is 0.222. The highest BCUT2D eigenvalue weighted by Gasteiger charge is 2.63. The summed E-state index contributed by atoms with van der Waals surface area (Å²) in [7, 11) is 0. The van der Waals surface area contributed by atoms with Gasteiger partial charge in [-0.3, -0.25) is 4.79 Å². The number of nitrogens with two attached hydrogens (primary N) is 1. The monoisotopic (exact) mass is 272 g/mol. The summed E-state index contributed by atoms with van der Waals surface area (Å²) in [5, 5.41) is 1.25. The highest BCUT2D eigenvalue weighted by atomic mass is 19.4. The van der Waals surface area contributed by atoms with E-state index >= 15 is 0 Å². The molecule has 0 aromatic heterocycles. The summed E-state index contributed by atoms with van der Waals surface area (Å²) in [6.07, 6.45) is -6.02. The van der Waals surface area contributed by atoms with Crippen LogP contribution in [0, 0.1) is 5.82 Å². The van der Waals surface area contributed by atoms with Gasteiger partial charge in [-0.15, -0.1) is 0 Å². The fourth-order valence-corrected chi connectivity index (χ4v) is 0.943. The SMILES string of the molecule is Nc1ccc(NC(=O)C(F)(F)C(F)(F)F)cc1F. The number of hydrogen-bond donors (Lipinski definition) is 2. The summed E-state index contributed by atoms with van der Waals surface area (Å²) in [5.41, 5.74) is 4.16. The van der Waals surface area contributed by atoms with Crippen molar-refractivity contribution in [2.24, 2.45) is 0 Å². The highest BCUT2D eigenvalue weighted by molar-refractivity contribution is 5.96. The zero-order chi connectivity index (χ0) is 14.1. The molecule has 3 nitrogen and oxygen atoms in total. The zero-order valence-electron chi connectivity index (χ0n) is 8.49. The Balaban J connectivity index is 2.91. The number of nitrogen functional groups attached to an aromatic ring is 1. The highest BCUT2D eigenvalue weighted by Crippen LogP contribution is 2.36. The molecule has 0 radical (unpaired) electrons. The maximum Gasteiger partial charge on any atom is 0.463 e. The van der Waals surface area contributed by atoms with Gasteiger partial charge in [0.25, 0.3) is 0 Å². The summed E-state index contributed by atoms with van der Waals surface area (Å²) >= 11 is 0. The van der Waals surface area contributed by atoms with E-state index in [1.807, 2.05) is 0 Å². The second-order valence-electron chi connectivity index (χ2n) is 3.26. The molecule has 9 heteroatoms. The van der Waals surface area contributed by atoms with Crippen molar-refractivity contribution in [2.75, 3.05) is 11.1 Å². The molecule has 18 heavy (non-hydrogen) atoms. The van der Waals surface area contributed by atoms with Gasteiger partial charge < -0.3 is 11.1 Å². The van der Waals surface area contributed by atoms with Crippen LogP contribution in [0.3, 0.4) is 0 Å². The number of carbonyl (C=O) groups is 1. The Morgan fingerprint density at radius 2 is 1.72 bits per heavy atom. The van der Waals surface area contributed by atoms with Crippen LogP contribution in [0.1, 0.15) is 0 Å². The second kappa shape index (κ2) is 4.39. The van der Waals surface area contributed by atoms with E-state index in [-0.39, 0.29) is 5.69 Å². The average Bonchev–Trinajstić information content (AvgIpc) is 2.21. The molecule has 0 aliphatic carbocycles. The molecule has 0 bridgehead atoms. The molecule has 0 spiro atoms. The minimum Gasteiger partial charge on any atom is -0.396 e. The van der Waals surface area contributed by atoms with Gasteiger partial charge in [0.1, 0.15) is 5.82 Å². The molecule has 0 unspecified atom stereocenters. The van der Waals surface area contributed by atoms with E-state index in [4.69, 9.17) is 5.73 Å². The van der Waals surface area contributed by atoms with Crippen LogP contribution in [-0.4, -0.2) is 18.0 Å². The largest absolute Gasteiger partial charge is 0.463 e. The molecule has 0 fully saturated rings. The third-order valence-corrected chi connectivity index (χ3v) is 1.90. The zero-order valence-corrected chi connectivity index (χ0v) is 8.49. The van der Waals surface area contributed by atoms with Gasteiger partial charge in [0, 0.05) is 5.69 Å². The Kier molecular flexibility index (Phi) is 3.45. The van der Waals surface area contributed by atoms with Gasteiger partial charge >= 0.3 is 18.0 Å². The van der Waals surface area contributed by atoms with Gasteiger partial charge in [-0.05, 0) is 18.2 Å². The van der Waals surface area contributed by atoms with Crippen molar-refractivity contribution in [2.45, 2.75) is 12.1 Å². The Morgan fingerprint density at radius 3 is 2.17 bits per heavy atom. The van der Waals surface area contributed by atoms with Gasteiger partial charge in [0.15, 0.2) is 0 Å². The van der Waals surface area contributed by atoms with Crippen molar-refractivity contribution in [1.82, 2.24) is 0 Å². The summed E-state index contributed by atoms with van der Waals surface area (Å²) in [4.78, 5) is 10.7.